The Bertz CT molecular complexity index is 620. The van der Waals surface area contributed by atoms with Crippen LogP contribution in [0.25, 0.3) is 0 Å². The fourth-order valence-electron chi connectivity index (χ4n) is 2.18. The minimum atomic E-state index is -0.152. The molecule has 0 bridgehead atoms. The Morgan fingerprint density at radius 1 is 1.14 bits per heavy atom. The number of hydrogen-bond donors (Lipinski definition) is 1. The van der Waals surface area contributed by atoms with E-state index in [0.717, 1.165) is 17.7 Å². The van der Waals surface area contributed by atoms with E-state index in [4.69, 9.17) is 4.74 Å². The smallest absolute Gasteiger partial charge is 0.262 e. The molecule has 0 heterocycles. The normalized spacial score (nSPS) is 11.8. The van der Waals surface area contributed by atoms with E-state index in [1.165, 1.54) is 5.56 Å². The molecule has 1 atom stereocenters. The van der Waals surface area contributed by atoms with Gasteiger partial charge in [0.15, 0.2) is 6.61 Å². The van der Waals surface area contributed by atoms with Gasteiger partial charge in [0.1, 0.15) is 5.75 Å². The molecule has 3 nitrogen and oxygen atoms in total. The lowest BCUT2D eigenvalue weighted by atomic mass is 9.99. The molecule has 0 aliphatic carbocycles. The Balaban J connectivity index is 1.87. The number of anilines is 1. The van der Waals surface area contributed by atoms with Crippen LogP contribution in [0.15, 0.2) is 48.5 Å². The van der Waals surface area contributed by atoms with Gasteiger partial charge in [-0.05, 0) is 48.6 Å². The summed E-state index contributed by atoms with van der Waals surface area (Å²) in [6.07, 6.45) is 1.11. The van der Waals surface area contributed by atoms with Crippen LogP contribution < -0.4 is 10.1 Å². The van der Waals surface area contributed by atoms with Crippen LogP contribution in [0.2, 0.25) is 0 Å². The van der Waals surface area contributed by atoms with Gasteiger partial charge in [-0.25, -0.2) is 0 Å². The summed E-state index contributed by atoms with van der Waals surface area (Å²) in [5, 5.41) is 2.86. The third kappa shape index (κ3) is 4.35. The quantitative estimate of drug-likeness (QED) is 0.851. The number of ether oxygens (including phenoxy) is 1. The molecule has 0 saturated carbocycles. The molecule has 0 aromatic heterocycles. The number of nitrogens with one attached hydrogen (secondary N) is 1. The van der Waals surface area contributed by atoms with E-state index >= 15 is 0 Å². The van der Waals surface area contributed by atoms with Gasteiger partial charge in [0, 0.05) is 5.69 Å². The van der Waals surface area contributed by atoms with Crippen molar-refractivity contribution < 1.29 is 9.53 Å². The molecule has 116 valence electrons. The third-order valence-electron chi connectivity index (χ3n) is 3.85. The summed E-state index contributed by atoms with van der Waals surface area (Å²) in [4.78, 5) is 11.9. The largest absolute Gasteiger partial charge is 0.484 e. The van der Waals surface area contributed by atoms with Crippen LogP contribution in [0, 0.1) is 6.92 Å². The summed E-state index contributed by atoms with van der Waals surface area (Å²) in [6.45, 7) is 6.34. The minimum absolute atomic E-state index is 0.0109. The second kappa shape index (κ2) is 7.64. The van der Waals surface area contributed by atoms with Gasteiger partial charge in [0.25, 0.3) is 5.91 Å². The molecule has 0 radical (unpaired) electrons. The summed E-state index contributed by atoms with van der Waals surface area (Å²) < 4.78 is 5.54. The van der Waals surface area contributed by atoms with Crippen molar-refractivity contribution >= 4 is 11.6 Å². The van der Waals surface area contributed by atoms with E-state index in [-0.39, 0.29) is 12.5 Å². The van der Waals surface area contributed by atoms with Gasteiger partial charge < -0.3 is 10.1 Å². The number of amides is 1. The zero-order chi connectivity index (χ0) is 15.9. The first kappa shape index (κ1) is 16.1. The summed E-state index contributed by atoms with van der Waals surface area (Å²) in [7, 11) is 0. The zero-order valence-corrected chi connectivity index (χ0v) is 13.4. The molecule has 3 heteroatoms. The second-order valence-electron chi connectivity index (χ2n) is 5.53. The van der Waals surface area contributed by atoms with Gasteiger partial charge >= 0.3 is 0 Å². The maximum atomic E-state index is 11.9. The summed E-state index contributed by atoms with van der Waals surface area (Å²) in [6, 6.07) is 15.6. The Hall–Kier alpha value is -2.29. The van der Waals surface area contributed by atoms with E-state index in [0.29, 0.717) is 11.7 Å². The van der Waals surface area contributed by atoms with Crippen molar-refractivity contribution in [1.29, 1.82) is 0 Å². The molecule has 1 N–H and O–H groups in total. The molecule has 1 amide bonds. The van der Waals surface area contributed by atoms with E-state index < -0.39 is 0 Å². The molecular weight excluding hydrogens is 274 g/mol. The Labute approximate surface area is 132 Å². The van der Waals surface area contributed by atoms with Gasteiger partial charge in [0.2, 0.25) is 0 Å². The molecule has 22 heavy (non-hydrogen) atoms. The first-order valence-electron chi connectivity index (χ1n) is 7.68. The van der Waals surface area contributed by atoms with Crippen molar-refractivity contribution in [1.82, 2.24) is 0 Å². The molecule has 2 aromatic carbocycles. The molecule has 2 rings (SSSR count). The predicted molar refractivity (Wildman–Crippen MR) is 90.5 cm³/mol. The van der Waals surface area contributed by atoms with Crippen LogP contribution in [0.3, 0.4) is 0 Å². The van der Waals surface area contributed by atoms with Gasteiger partial charge in [-0.2, -0.15) is 0 Å². The number of carbonyl (C=O) groups is 1. The first-order chi connectivity index (χ1) is 10.6. The monoisotopic (exact) mass is 297 g/mol. The van der Waals surface area contributed by atoms with Crippen molar-refractivity contribution in [2.75, 3.05) is 11.9 Å². The SMILES string of the molecule is CCC(C)c1ccc(OCC(=O)Nc2ccccc2C)cc1. The highest BCUT2D eigenvalue weighted by Gasteiger charge is 2.06. The Kier molecular flexibility index (Phi) is 5.59. The van der Waals surface area contributed by atoms with Gasteiger partial charge in [-0.15, -0.1) is 0 Å². The second-order valence-corrected chi connectivity index (χ2v) is 5.53. The highest BCUT2D eigenvalue weighted by Crippen LogP contribution is 2.21. The first-order valence-corrected chi connectivity index (χ1v) is 7.68. The lowest BCUT2D eigenvalue weighted by Crippen LogP contribution is -2.20. The topological polar surface area (TPSA) is 38.3 Å². The lowest BCUT2D eigenvalue weighted by Gasteiger charge is -2.11. The fourth-order valence-corrected chi connectivity index (χ4v) is 2.18. The van der Waals surface area contributed by atoms with Crippen LogP contribution >= 0.6 is 0 Å². The molecule has 1 unspecified atom stereocenters. The molecular formula is C19H23NO2. The standard InChI is InChI=1S/C19H23NO2/c1-4-14(2)16-9-11-17(12-10-16)22-13-19(21)20-18-8-6-5-7-15(18)3/h5-12,14H,4,13H2,1-3H3,(H,20,21). The number of benzene rings is 2. The minimum Gasteiger partial charge on any atom is -0.484 e. The van der Waals surface area contributed by atoms with Crippen LogP contribution in [0.5, 0.6) is 5.75 Å². The van der Waals surface area contributed by atoms with Gasteiger partial charge in [-0.3, -0.25) is 4.79 Å². The fraction of sp³-hybridized carbons (Fsp3) is 0.316. The number of rotatable bonds is 6. The lowest BCUT2D eigenvalue weighted by molar-refractivity contribution is -0.118. The number of hydrogen-bond acceptors (Lipinski definition) is 2. The average molecular weight is 297 g/mol. The Morgan fingerprint density at radius 3 is 2.45 bits per heavy atom. The van der Waals surface area contributed by atoms with Crippen molar-refractivity contribution in [3.8, 4) is 5.75 Å². The van der Waals surface area contributed by atoms with Crippen LogP contribution in [0.4, 0.5) is 5.69 Å². The van der Waals surface area contributed by atoms with Gasteiger partial charge in [-0.1, -0.05) is 44.2 Å². The predicted octanol–water partition coefficient (Wildman–Crippen LogP) is 4.53. The number of para-hydroxylation sites is 1. The molecule has 0 aliphatic rings. The van der Waals surface area contributed by atoms with Crippen LogP contribution in [-0.2, 0) is 4.79 Å². The highest BCUT2D eigenvalue weighted by molar-refractivity contribution is 5.92. The maximum absolute atomic E-state index is 11.9. The Morgan fingerprint density at radius 2 is 1.82 bits per heavy atom. The summed E-state index contributed by atoms with van der Waals surface area (Å²) >= 11 is 0. The molecule has 0 aliphatic heterocycles. The highest BCUT2D eigenvalue weighted by atomic mass is 16.5. The average Bonchev–Trinajstić information content (AvgIpc) is 2.55. The van der Waals surface area contributed by atoms with E-state index in [2.05, 4.69) is 31.3 Å². The van der Waals surface area contributed by atoms with Crippen molar-refractivity contribution in [3.05, 3.63) is 59.7 Å². The third-order valence-corrected chi connectivity index (χ3v) is 3.85. The molecule has 0 spiro atoms. The van der Waals surface area contributed by atoms with Crippen LogP contribution in [-0.4, -0.2) is 12.5 Å². The maximum Gasteiger partial charge on any atom is 0.262 e. The summed E-state index contributed by atoms with van der Waals surface area (Å²) in [5.74, 6) is 1.10. The van der Waals surface area contributed by atoms with E-state index in [1.54, 1.807) is 0 Å². The molecule has 0 fully saturated rings. The van der Waals surface area contributed by atoms with Crippen molar-refractivity contribution in [2.24, 2.45) is 0 Å². The van der Waals surface area contributed by atoms with Gasteiger partial charge in [0.05, 0.1) is 0 Å². The summed E-state index contributed by atoms with van der Waals surface area (Å²) in [5.41, 5.74) is 3.15. The molecule has 0 saturated heterocycles. The van der Waals surface area contributed by atoms with Crippen molar-refractivity contribution in [2.45, 2.75) is 33.1 Å². The van der Waals surface area contributed by atoms with Crippen LogP contribution in [0.1, 0.15) is 37.3 Å². The van der Waals surface area contributed by atoms with E-state index in [9.17, 15) is 4.79 Å². The number of aryl methyl sites for hydroxylation is 1. The number of carbonyl (C=O) groups excluding carboxylic acids is 1. The van der Waals surface area contributed by atoms with E-state index in [1.807, 2.05) is 43.3 Å². The van der Waals surface area contributed by atoms with Crippen molar-refractivity contribution in [3.63, 3.8) is 0 Å². The molecule has 2 aromatic rings. The zero-order valence-electron chi connectivity index (χ0n) is 13.4.